The van der Waals surface area contributed by atoms with E-state index in [1.807, 2.05) is 31.2 Å². The third kappa shape index (κ3) is 4.10. The lowest BCUT2D eigenvalue weighted by Gasteiger charge is -2.31. The molecule has 0 unspecified atom stereocenters. The second-order valence-corrected chi connectivity index (χ2v) is 6.73. The molecule has 2 heterocycles. The van der Waals surface area contributed by atoms with Crippen molar-refractivity contribution in [1.82, 2.24) is 4.98 Å². The van der Waals surface area contributed by atoms with Gasteiger partial charge in [0.2, 0.25) is 0 Å². The van der Waals surface area contributed by atoms with E-state index in [9.17, 15) is 4.79 Å². The Morgan fingerprint density at radius 1 is 1.24 bits per heavy atom. The highest BCUT2D eigenvalue weighted by molar-refractivity contribution is 6.03. The number of hydrogen-bond acceptors (Lipinski definition) is 4. The summed E-state index contributed by atoms with van der Waals surface area (Å²) in [5, 5.41) is 2.88. The van der Waals surface area contributed by atoms with Crippen LogP contribution in [0.4, 0.5) is 11.4 Å². The van der Waals surface area contributed by atoms with Crippen LogP contribution in [0.2, 0.25) is 0 Å². The minimum absolute atomic E-state index is 0.234. The summed E-state index contributed by atoms with van der Waals surface area (Å²) in [5.41, 5.74) is 3.19. The van der Waals surface area contributed by atoms with Gasteiger partial charge in [0.15, 0.2) is 0 Å². The van der Waals surface area contributed by atoms with Crippen LogP contribution in [0, 0.1) is 12.8 Å². The molecule has 0 radical (unpaired) electrons. The average Bonchev–Trinajstić information content (AvgIpc) is 2.63. The molecule has 1 fully saturated rings. The number of anilines is 2. The first-order valence-electron chi connectivity index (χ1n) is 8.74. The zero-order valence-electron chi connectivity index (χ0n) is 15.1. The van der Waals surface area contributed by atoms with Gasteiger partial charge in [-0.2, -0.15) is 0 Å². The molecule has 0 bridgehead atoms. The molecule has 0 spiro atoms. The highest BCUT2D eigenvalue weighted by Crippen LogP contribution is 2.26. The van der Waals surface area contributed by atoms with Gasteiger partial charge >= 0.3 is 0 Å². The number of carbonyl (C=O) groups excluding carboxylic acids is 1. The Morgan fingerprint density at radius 2 is 2.00 bits per heavy atom. The lowest BCUT2D eigenvalue weighted by Crippen LogP contribution is -2.32. The van der Waals surface area contributed by atoms with Gasteiger partial charge in [-0.05, 0) is 55.5 Å². The average molecular weight is 339 g/mol. The molecular formula is C20H25N3O2. The maximum atomic E-state index is 12.5. The van der Waals surface area contributed by atoms with Crippen molar-refractivity contribution in [2.75, 3.05) is 30.4 Å². The number of hydrogen-bond donors (Lipinski definition) is 1. The van der Waals surface area contributed by atoms with Crippen LogP contribution in [0.1, 0.15) is 35.8 Å². The monoisotopic (exact) mass is 339 g/mol. The zero-order chi connectivity index (χ0) is 17.8. The first kappa shape index (κ1) is 17.3. The van der Waals surface area contributed by atoms with E-state index in [-0.39, 0.29) is 5.91 Å². The molecule has 0 aliphatic carbocycles. The number of nitrogens with zero attached hydrogens (tertiary/aromatic N) is 2. The summed E-state index contributed by atoms with van der Waals surface area (Å²) < 4.78 is 5.30. The van der Waals surface area contributed by atoms with E-state index in [0.29, 0.717) is 17.1 Å². The third-order valence-electron chi connectivity index (χ3n) is 4.73. The van der Waals surface area contributed by atoms with Gasteiger partial charge in [-0.15, -0.1) is 0 Å². The normalized spacial score (nSPS) is 15.1. The van der Waals surface area contributed by atoms with E-state index < -0.39 is 0 Å². The Hall–Kier alpha value is -2.56. The third-order valence-corrected chi connectivity index (χ3v) is 4.73. The van der Waals surface area contributed by atoms with Crippen LogP contribution in [0.25, 0.3) is 0 Å². The zero-order valence-corrected chi connectivity index (χ0v) is 15.1. The second-order valence-electron chi connectivity index (χ2n) is 6.73. The minimum Gasteiger partial charge on any atom is -0.495 e. The Bertz CT molecular complexity index is 735. The first-order chi connectivity index (χ1) is 12.1. The van der Waals surface area contributed by atoms with Crippen molar-refractivity contribution in [3.8, 4) is 5.75 Å². The number of benzene rings is 1. The molecule has 132 valence electrons. The summed E-state index contributed by atoms with van der Waals surface area (Å²) in [5.74, 6) is 1.19. The van der Waals surface area contributed by atoms with Crippen molar-refractivity contribution in [2.45, 2.75) is 26.7 Å². The molecule has 5 nitrogen and oxygen atoms in total. The van der Waals surface area contributed by atoms with Crippen molar-refractivity contribution < 1.29 is 9.53 Å². The Morgan fingerprint density at radius 3 is 2.64 bits per heavy atom. The number of nitrogens with one attached hydrogen (secondary N) is 1. The van der Waals surface area contributed by atoms with Gasteiger partial charge in [-0.3, -0.25) is 4.79 Å². The fraction of sp³-hybridized carbons (Fsp3) is 0.400. The molecular weight excluding hydrogens is 314 g/mol. The van der Waals surface area contributed by atoms with Crippen LogP contribution in [0.3, 0.4) is 0 Å². The second kappa shape index (κ2) is 7.55. The Kier molecular flexibility index (Phi) is 5.22. The lowest BCUT2D eigenvalue weighted by molar-refractivity contribution is 0.102. The molecule has 1 aliphatic heterocycles. The van der Waals surface area contributed by atoms with Gasteiger partial charge in [-0.25, -0.2) is 4.98 Å². The van der Waals surface area contributed by atoms with Gasteiger partial charge in [0.25, 0.3) is 5.91 Å². The molecule has 5 heteroatoms. The predicted octanol–water partition coefficient (Wildman–Crippen LogP) is 3.89. The number of ether oxygens (including phenoxy) is 1. The van der Waals surface area contributed by atoms with Crippen LogP contribution in [0.5, 0.6) is 5.75 Å². The fourth-order valence-corrected chi connectivity index (χ4v) is 3.08. The molecule has 1 N–H and O–H groups in total. The highest BCUT2D eigenvalue weighted by atomic mass is 16.5. The van der Waals surface area contributed by atoms with Crippen molar-refractivity contribution >= 4 is 17.3 Å². The summed E-state index contributed by atoms with van der Waals surface area (Å²) in [6.45, 7) is 6.37. The number of pyridine rings is 1. The van der Waals surface area contributed by atoms with Gasteiger partial charge in [0, 0.05) is 13.1 Å². The lowest BCUT2D eigenvalue weighted by atomic mass is 9.99. The molecule has 1 aromatic heterocycles. The summed E-state index contributed by atoms with van der Waals surface area (Å²) >= 11 is 0. The molecule has 2 aromatic rings. The standard InChI is InChI=1S/C20H25N3O2/c1-14-8-10-23(11-9-14)16-5-6-17(21-13-16)20(24)22-18-12-15(2)4-7-19(18)25-3/h4-7,12-14H,8-11H2,1-3H3,(H,22,24). The van der Waals surface area contributed by atoms with Crippen LogP contribution >= 0.6 is 0 Å². The molecule has 0 atom stereocenters. The molecule has 1 saturated heterocycles. The minimum atomic E-state index is -0.234. The van der Waals surface area contributed by atoms with E-state index >= 15 is 0 Å². The summed E-state index contributed by atoms with van der Waals surface area (Å²) in [6.07, 6.45) is 4.20. The van der Waals surface area contributed by atoms with Gasteiger partial charge in [0.05, 0.1) is 24.7 Å². The number of aromatic nitrogens is 1. The summed E-state index contributed by atoms with van der Waals surface area (Å²) in [6, 6.07) is 9.44. The molecule has 1 aromatic carbocycles. The smallest absolute Gasteiger partial charge is 0.274 e. The largest absolute Gasteiger partial charge is 0.495 e. The van der Waals surface area contributed by atoms with Crippen LogP contribution in [-0.4, -0.2) is 31.1 Å². The molecule has 0 saturated carbocycles. The van der Waals surface area contributed by atoms with Gasteiger partial charge < -0.3 is 15.0 Å². The summed E-state index contributed by atoms with van der Waals surface area (Å²) in [4.78, 5) is 19.2. The Balaban J connectivity index is 1.70. The maximum Gasteiger partial charge on any atom is 0.274 e. The number of amides is 1. The maximum absolute atomic E-state index is 12.5. The fourth-order valence-electron chi connectivity index (χ4n) is 3.08. The Labute approximate surface area is 149 Å². The number of carbonyl (C=O) groups is 1. The molecule has 3 rings (SSSR count). The van der Waals surface area contributed by atoms with E-state index in [0.717, 1.165) is 30.3 Å². The van der Waals surface area contributed by atoms with Gasteiger partial charge in [0.1, 0.15) is 11.4 Å². The van der Waals surface area contributed by atoms with Crippen molar-refractivity contribution in [3.05, 3.63) is 47.8 Å². The van der Waals surface area contributed by atoms with Crippen molar-refractivity contribution in [2.24, 2.45) is 5.92 Å². The number of methoxy groups -OCH3 is 1. The first-order valence-corrected chi connectivity index (χ1v) is 8.74. The molecule has 1 aliphatic rings. The number of piperidine rings is 1. The van der Waals surface area contributed by atoms with E-state index in [4.69, 9.17) is 4.74 Å². The van der Waals surface area contributed by atoms with E-state index in [2.05, 4.69) is 22.1 Å². The quantitative estimate of drug-likeness (QED) is 0.918. The predicted molar refractivity (Wildman–Crippen MR) is 101 cm³/mol. The number of rotatable bonds is 4. The number of aryl methyl sites for hydroxylation is 1. The SMILES string of the molecule is COc1ccc(C)cc1NC(=O)c1ccc(N2CCC(C)CC2)cn1. The van der Waals surface area contributed by atoms with Crippen LogP contribution < -0.4 is 15.0 Å². The van der Waals surface area contributed by atoms with Crippen molar-refractivity contribution in [3.63, 3.8) is 0 Å². The highest BCUT2D eigenvalue weighted by Gasteiger charge is 2.17. The molecule has 25 heavy (non-hydrogen) atoms. The van der Waals surface area contributed by atoms with E-state index in [1.54, 1.807) is 19.4 Å². The topological polar surface area (TPSA) is 54.5 Å². The van der Waals surface area contributed by atoms with Crippen LogP contribution in [0.15, 0.2) is 36.5 Å². The van der Waals surface area contributed by atoms with Gasteiger partial charge in [-0.1, -0.05) is 13.0 Å². The summed E-state index contributed by atoms with van der Waals surface area (Å²) in [7, 11) is 1.59. The van der Waals surface area contributed by atoms with E-state index in [1.165, 1.54) is 12.8 Å². The van der Waals surface area contributed by atoms with Crippen molar-refractivity contribution in [1.29, 1.82) is 0 Å². The molecule has 1 amide bonds. The van der Waals surface area contributed by atoms with Crippen LogP contribution in [-0.2, 0) is 0 Å².